The fourth-order valence-corrected chi connectivity index (χ4v) is 3.15. The molecule has 0 saturated carbocycles. The summed E-state index contributed by atoms with van der Waals surface area (Å²) in [6.07, 6.45) is 0. The first kappa shape index (κ1) is 17.7. The highest BCUT2D eigenvalue weighted by molar-refractivity contribution is 7.12. The Balaban J connectivity index is 2.38. The van der Waals surface area contributed by atoms with E-state index < -0.39 is 11.9 Å². The SMILES string of the molecule is COC(=O)c1cc(NC(=O)c2cc(C)sc2C)cc(C(=O)OC)c1. The van der Waals surface area contributed by atoms with Gasteiger partial charge in [-0.2, -0.15) is 0 Å². The normalized spacial score (nSPS) is 10.2. The second-order valence-electron chi connectivity index (χ2n) is 5.06. The Hall–Kier alpha value is -2.67. The highest BCUT2D eigenvalue weighted by atomic mass is 32.1. The van der Waals surface area contributed by atoms with Crippen LogP contribution in [0, 0.1) is 13.8 Å². The summed E-state index contributed by atoms with van der Waals surface area (Å²) in [5.41, 5.74) is 1.16. The smallest absolute Gasteiger partial charge is 0.337 e. The molecule has 0 unspecified atom stereocenters. The van der Waals surface area contributed by atoms with Crippen LogP contribution < -0.4 is 5.32 Å². The van der Waals surface area contributed by atoms with E-state index >= 15 is 0 Å². The minimum absolute atomic E-state index is 0.147. The van der Waals surface area contributed by atoms with Gasteiger partial charge in [-0.3, -0.25) is 4.79 Å². The summed E-state index contributed by atoms with van der Waals surface area (Å²) in [6, 6.07) is 6.05. The third-order valence-electron chi connectivity index (χ3n) is 3.32. The molecule has 0 bridgehead atoms. The first-order valence-electron chi connectivity index (χ1n) is 7.05. The zero-order valence-corrected chi connectivity index (χ0v) is 14.6. The number of carbonyl (C=O) groups excluding carboxylic acids is 3. The van der Waals surface area contributed by atoms with E-state index in [1.807, 2.05) is 13.8 Å². The Bertz CT molecular complexity index is 775. The van der Waals surface area contributed by atoms with E-state index in [9.17, 15) is 14.4 Å². The molecule has 1 aromatic carbocycles. The van der Waals surface area contributed by atoms with Crippen LogP contribution in [0.25, 0.3) is 0 Å². The van der Waals surface area contributed by atoms with Crippen LogP contribution in [-0.2, 0) is 9.47 Å². The summed E-state index contributed by atoms with van der Waals surface area (Å²) in [7, 11) is 2.48. The van der Waals surface area contributed by atoms with Gasteiger partial charge in [0.15, 0.2) is 0 Å². The lowest BCUT2D eigenvalue weighted by Gasteiger charge is -2.09. The number of thiophene rings is 1. The van der Waals surface area contributed by atoms with Gasteiger partial charge in [-0.05, 0) is 38.1 Å². The predicted octanol–water partition coefficient (Wildman–Crippen LogP) is 3.19. The number of hydrogen-bond donors (Lipinski definition) is 1. The average molecular weight is 347 g/mol. The van der Waals surface area contributed by atoms with Gasteiger partial charge in [0.1, 0.15) is 0 Å². The number of esters is 2. The molecule has 0 aliphatic carbocycles. The molecule has 1 aromatic heterocycles. The first-order valence-corrected chi connectivity index (χ1v) is 7.87. The highest BCUT2D eigenvalue weighted by Crippen LogP contribution is 2.23. The minimum atomic E-state index is -0.612. The van der Waals surface area contributed by atoms with Gasteiger partial charge < -0.3 is 14.8 Å². The van der Waals surface area contributed by atoms with Crippen molar-refractivity contribution < 1.29 is 23.9 Å². The molecule has 6 nitrogen and oxygen atoms in total. The fourth-order valence-electron chi connectivity index (χ4n) is 2.23. The largest absolute Gasteiger partial charge is 0.465 e. The molecule has 1 N–H and O–H groups in total. The van der Waals surface area contributed by atoms with Gasteiger partial charge in [0.25, 0.3) is 5.91 Å². The number of aryl methyl sites for hydroxylation is 2. The van der Waals surface area contributed by atoms with E-state index in [1.54, 1.807) is 6.07 Å². The third kappa shape index (κ3) is 3.80. The van der Waals surface area contributed by atoms with Crippen molar-refractivity contribution in [1.29, 1.82) is 0 Å². The van der Waals surface area contributed by atoms with Crippen molar-refractivity contribution in [3.8, 4) is 0 Å². The zero-order valence-electron chi connectivity index (χ0n) is 13.8. The summed E-state index contributed by atoms with van der Waals surface area (Å²) in [5.74, 6) is -1.53. The van der Waals surface area contributed by atoms with E-state index in [2.05, 4.69) is 14.8 Å². The van der Waals surface area contributed by atoms with Gasteiger partial charge in [0, 0.05) is 15.4 Å². The summed E-state index contributed by atoms with van der Waals surface area (Å²) >= 11 is 1.52. The Kier molecular flexibility index (Phi) is 5.35. The zero-order chi connectivity index (χ0) is 17.9. The van der Waals surface area contributed by atoms with Gasteiger partial charge in [-0.15, -0.1) is 11.3 Å². The van der Waals surface area contributed by atoms with Crippen molar-refractivity contribution in [3.05, 3.63) is 50.7 Å². The van der Waals surface area contributed by atoms with Crippen molar-refractivity contribution in [1.82, 2.24) is 0 Å². The molecule has 1 amide bonds. The maximum atomic E-state index is 12.4. The number of hydrogen-bond acceptors (Lipinski definition) is 6. The second-order valence-corrected chi connectivity index (χ2v) is 6.52. The minimum Gasteiger partial charge on any atom is -0.465 e. The first-order chi connectivity index (χ1) is 11.3. The fraction of sp³-hybridized carbons (Fsp3) is 0.235. The lowest BCUT2D eigenvalue weighted by atomic mass is 10.1. The molecule has 126 valence electrons. The standard InChI is InChI=1S/C17H17NO5S/c1-9-5-14(10(2)24-9)15(19)18-13-7-11(16(20)22-3)6-12(8-13)17(21)23-4/h5-8H,1-4H3,(H,18,19). The number of amides is 1. The number of nitrogens with one attached hydrogen (secondary N) is 1. The molecular formula is C17H17NO5S. The summed E-state index contributed by atoms with van der Waals surface area (Å²) in [5, 5.41) is 2.70. The van der Waals surface area contributed by atoms with Crippen LogP contribution in [0.5, 0.6) is 0 Å². The van der Waals surface area contributed by atoms with Crippen molar-refractivity contribution in [2.24, 2.45) is 0 Å². The molecule has 0 aliphatic rings. The van der Waals surface area contributed by atoms with E-state index in [0.29, 0.717) is 11.3 Å². The average Bonchev–Trinajstić information content (AvgIpc) is 2.91. The number of ether oxygens (including phenoxy) is 2. The van der Waals surface area contributed by atoms with Crippen LogP contribution in [0.4, 0.5) is 5.69 Å². The molecule has 0 saturated heterocycles. The van der Waals surface area contributed by atoms with Crippen molar-refractivity contribution in [2.75, 3.05) is 19.5 Å². The van der Waals surface area contributed by atoms with Crippen LogP contribution >= 0.6 is 11.3 Å². The molecule has 0 radical (unpaired) electrons. The van der Waals surface area contributed by atoms with Gasteiger partial charge in [0.05, 0.1) is 30.9 Å². The molecule has 2 aromatic rings. The van der Waals surface area contributed by atoms with E-state index in [0.717, 1.165) is 9.75 Å². The van der Waals surface area contributed by atoms with Gasteiger partial charge in [0.2, 0.25) is 0 Å². The van der Waals surface area contributed by atoms with E-state index in [4.69, 9.17) is 0 Å². The van der Waals surface area contributed by atoms with Crippen molar-refractivity contribution in [3.63, 3.8) is 0 Å². The van der Waals surface area contributed by atoms with E-state index in [1.165, 1.54) is 43.8 Å². The monoisotopic (exact) mass is 347 g/mol. The molecule has 0 spiro atoms. The van der Waals surface area contributed by atoms with Crippen LogP contribution in [0.15, 0.2) is 24.3 Å². The summed E-state index contributed by atoms with van der Waals surface area (Å²) in [4.78, 5) is 37.8. The van der Waals surface area contributed by atoms with Crippen LogP contribution in [0.2, 0.25) is 0 Å². The number of anilines is 1. The van der Waals surface area contributed by atoms with Crippen LogP contribution in [-0.4, -0.2) is 32.1 Å². The predicted molar refractivity (Wildman–Crippen MR) is 90.9 cm³/mol. The van der Waals surface area contributed by atoms with Crippen LogP contribution in [0.3, 0.4) is 0 Å². The molecule has 7 heteroatoms. The molecule has 0 aliphatic heterocycles. The lowest BCUT2D eigenvalue weighted by Crippen LogP contribution is -2.14. The highest BCUT2D eigenvalue weighted by Gasteiger charge is 2.17. The molecular weight excluding hydrogens is 330 g/mol. The maximum Gasteiger partial charge on any atom is 0.337 e. The second kappa shape index (κ2) is 7.27. The third-order valence-corrected chi connectivity index (χ3v) is 4.28. The number of carbonyl (C=O) groups is 3. The maximum absolute atomic E-state index is 12.4. The summed E-state index contributed by atoms with van der Waals surface area (Å²) in [6.45, 7) is 3.78. The van der Waals surface area contributed by atoms with E-state index in [-0.39, 0.29) is 17.0 Å². The van der Waals surface area contributed by atoms with Crippen molar-refractivity contribution in [2.45, 2.75) is 13.8 Å². The Morgan fingerprint density at radius 3 is 1.88 bits per heavy atom. The number of methoxy groups -OCH3 is 2. The van der Waals surface area contributed by atoms with Crippen molar-refractivity contribution >= 4 is 34.9 Å². The topological polar surface area (TPSA) is 81.7 Å². The molecule has 0 fully saturated rings. The van der Waals surface area contributed by atoms with Gasteiger partial charge in [-0.1, -0.05) is 0 Å². The van der Waals surface area contributed by atoms with Gasteiger partial charge >= 0.3 is 11.9 Å². The Morgan fingerprint density at radius 1 is 0.917 bits per heavy atom. The van der Waals surface area contributed by atoms with Gasteiger partial charge in [-0.25, -0.2) is 9.59 Å². The Labute approximate surface area is 143 Å². The molecule has 1 heterocycles. The quantitative estimate of drug-likeness (QED) is 0.859. The van der Waals surface area contributed by atoms with Crippen LogP contribution in [0.1, 0.15) is 40.8 Å². The Morgan fingerprint density at radius 2 is 1.46 bits per heavy atom. The molecule has 2 rings (SSSR count). The lowest BCUT2D eigenvalue weighted by molar-refractivity contribution is 0.0599. The number of benzene rings is 1. The number of rotatable bonds is 4. The molecule has 24 heavy (non-hydrogen) atoms. The molecule has 0 atom stereocenters. The summed E-state index contributed by atoms with van der Waals surface area (Å²) < 4.78 is 9.34.